The van der Waals surface area contributed by atoms with Crippen molar-refractivity contribution in [1.29, 1.82) is 0 Å². The fourth-order valence-electron chi connectivity index (χ4n) is 5.29. The standard InChI is InChI=1S/C34H34N2O7S/c1-5-10-25-30(33(39)42-7-3)31(29-24-12-9-8-11-22(24)15-18-26(29)40-4)36-32(38)27(44-34(36)35-25)19-21-13-16-23(17-14-21)43-20-28(37)41-6-2/h8-9,11-19,31H,5-7,10,20H2,1-4H3/b27-19-. The summed E-state index contributed by atoms with van der Waals surface area (Å²) in [6, 6.07) is 17.9. The van der Waals surface area contributed by atoms with Gasteiger partial charge in [0.15, 0.2) is 11.4 Å². The van der Waals surface area contributed by atoms with E-state index >= 15 is 0 Å². The van der Waals surface area contributed by atoms with Crippen LogP contribution in [0.5, 0.6) is 11.5 Å². The molecule has 0 N–H and O–H groups in total. The molecule has 0 radical (unpaired) electrons. The molecule has 0 bridgehead atoms. The summed E-state index contributed by atoms with van der Waals surface area (Å²) in [5, 5.41) is 1.82. The Hall–Kier alpha value is -4.70. The average Bonchev–Trinajstić information content (AvgIpc) is 3.33. The molecule has 2 heterocycles. The third-order valence-electron chi connectivity index (χ3n) is 7.16. The van der Waals surface area contributed by atoms with Crippen LogP contribution in [0.1, 0.15) is 50.8 Å². The highest BCUT2D eigenvalue weighted by Gasteiger charge is 2.37. The zero-order valence-corrected chi connectivity index (χ0v) is 25.9. The zero-order chi connectivity index (χ0) is 31.2. The molecule has 0 spiro atoms. The van der Waals surface area contributed by atoms with Crippen molar-refractivity contribution in [2.24, 2.45) is 4.99 Å². The van der Waals surface area contributed by atoms with Crippen molar-refractivity contribution in [1.82, 2.24) is 4.57 Å². The first kappa shape index (κ1) is 30.7. The van der Waals surface area contributed by atoms with Gasteiger partial charge in [0, 0.05) is 5.56 Å². The minimum atomic E-state index is -0.811. The van der Waals surface area contributed by atoms with E-state index in [2.05, 4.69) is 0 Å². The maximum absolute atomic E-state index is 14.2. The lowest BCUT2D eigenvalue weighted by molar-refractivity contribution is -0.145. The fourth-order valence-corrected chi connectivity index (χ4v) is 6.31. The highest BCUT2D eigenvalue weighted by atomic mass is 32.1. The lowest BCUT2D eigenvalue weighted by atomic mass is 9.90. The van der Waals surface area contributed by atoms with Crippen LogP contribution in [0.2, 0.25) is 0 Å². The molecule has 0 fully saturated rings. The van der Waals surface area contributed by atoms with Crippen LogP contribution < -0.4 is 24.4 Å². The summed E-state index contributed by atoms with van der Waals surface area (Å²) in [5.74, 6) is 0.108. The summed E-state index contributed by atoms with van der Waals surface area (Å²) in [4.78, 5) is 44.8. The number of hydrogen-bond acceptors (Lipinski definition) is 9. The normalized spacial score (nSPS) is 14.6. The van der Waals surface area contributed by atoms with Crippen LogP contribution in [0.3, 0.4) is 0 Å². The van der Waals surface area contributed by atoms with Gasteiger partial charge in [-0.05, 0) is 60.9 Å². The van der Waals surface area contributed by atoms with Crippen molar-refractivity contribution in [3.05, 3.63) is 103 Å². The quantitative estimate of drug-likeness (QED) is 0.226. The lowest BCUT2D eigenvalue weighted by Gasteiger charge is -2.28. The number of methoxy groups -OCH3 is 1. The molecule has 44 heavy (non-hydrogen) atoms. The Labute approximate surface area is 258 Å². The first-order chi connectivity index (χ1) is 21.4. The van der Waals surface area contributed by atoms with Gasteiger partial charge in [-0.15, -0.1) is 0 Å². The van der Waals surface area contributed by atoms with Gasteiger partial charge in [-0.3, -0.25) is 9.36 Å². The first-order valence-corrected chi connectivity index (χ1v) is 15.4. The predicted molar refractivity (Wildman–Crippen MR) is 169 cm³/mol. The molecule has 1 aliphatic rings. The van der Waals surface area contributed by atoms with Crippen LogP contribution >= 0.6 is 11.3 Å². The van der Waals surface area contributed by atoms with Crippen LogP contribution in [-0.4, -0.2) is 43.4 Å². The largest absolute Gasteiger partial charge is 0.496 e. The van der Waals surface area contributed by atoms with E-state index in [-0.39, 0.29) is 25.4 Å². The van der Waals surface area contributed by atoms with E-state index in [0.29, 0.717) is 44.1 Å². The molecule has 4 aromatic rings. The third kappa shape index (κ3) is 6.16. The SMILES string of the molecule is CCCC1=C(C(=O)OCC)C(c2c(OC)ccc3ccccc23)n2c(s/c(=C\c3ccc(OCC(=O)OCC)cc3)c2=O)=N1. The number of ether oxygens (including phenoxy) is 4. The number of rotatable bonds is 11. The topological polar surface area (TPSA) is 105 Å². The maximum Gasteiger partial charge on any atom is 0.344 e. The van der Waals surface area contributed by atoms with Gasteiger partial charge in [0.05, 0.1) is 36.1 Å². The smallest absolute Gasteiger partial charge is 0.344 e. The van der Waals surface area contributed by atoms with Crippen LogP contribution in [0.25, 0.3) is 16.8 Å². The number of esters is 2. The third-order valence-corrected chi connectivity index (χ3v) is 8.14. The van der Waals surface area contributed by atoms with Gasteiger partial charge in [0.1, 0.15) is 17.5 Å². The van der Waals surface area contributed by atoms with Gasteiger partial charge in [-0.1, -0.05) is 67.1 Å². The van der Waals surface area contributed by atoms with Crippen LogP contribution in [-0.2, 0) is 19.1 Å². The predicted octanol–water partition coefficient (Wildman–Crippen LogP) is 4.68. The van der Waals surface area contributed by atoms with E-state index in [0.717, 1.165) is 22.8 Å². The molecule has 0 saturated heterocycles. The van der Waals surface area contributed by atoms with Crippen LogP contribution in [0.15, 0.2) is 81.7 Å². The summed E-state index contributed by atoms with van der Waals surface area (Å²) in [6.07, 6.45) is 3.07. The highest BCUT2D eigenvalue weighted by molar-refractivity contribution is 7.07. The molecule has 1 aromatic heterocycles. The molecule has 228 valence electrons. The molecule has 1 unspecified atom stereocenters. The Morgan fingerprint density at radius 1 is 0.977 bits per heavy atom. The minimum Gasteiger partial charge on any atom is -0.496 e. The number of carbonyl (C=O) groups is 2. The second-order valence-corrected chi connectivity index (χ2v) is 11.0. The van der Waals surface area contributed by atoms with E-state index < -0.39 is 18.0 Å². The Kier molecular flexibility index (Phi) is 9.59. The molecule has 1 atom stereocenters. The number of allylic oxidation sites excluding steroid dienone is 1. The van der Waals surface area contributed by atoms with Crippen molar-refractivity contribution in [2.45, 2.75) is 39.7 Å². The van der Waals surface area contributed by atoms with E-state index in [1.807, 2.05) is 43.3 Å². The molecule has 0 amide bonds. The van der Waals surface area contributed by atoms with Gasteiger partial charge in [0.2, 0.25) is 0 Å². The second kappa shape index (κ2) is 13.7. The average molecular weight is 615 g/mol. The van der Waals surface area contributed by atoms with Crippen molar-refractivity contribution < 1.29 is 28.5 Å². The molecule has 5 rings (SSSR count). The molecule has 10 heteroatoms. The van der Waals surface area contributed by atoms with Crippen molar-refractivity contribution in [3.63, 3.8) is 0 Å². The van der Waals surface area contributed by atoms with E-state index in [1.165, 1.54) is 11.3 Å². The van der Waals surface area contributed by atoms with Crippen LogP contribution in [0, 0.1) is 0 Å². The monoisotopic (exact) mass is 614 g/mol. The molecule has 3 aromatic carbocycles. The highest BCUT2D eigenvalue weighted by Crippen LogP contribution is 2.41. The number of carbonyl (C=O) groups excluding carboxylic acids is 2. The van der Waals surface area contributed by atoms with Gasteiger partial charge in [-0.2, -0.15) is 0 Å². The first-order valence-electron chi connectivity index (χ1n) is 14.6. The molecule has 0 aliphatic carbocycles. The Bertz CT molecular complexity index is 1900. The lowest BCUT2D eigenvalue weighted by Crippen LogP contribution is -2.40. The minimum absolute atomic E-state index is 0.186. The number of benzene rings is 3. The molecular formula is C34H34N2O7S. The molecule has 0 saturated carbocycles. The summed E-state index contributed by atoms with van der Waals surface area (Å²) in [5.41, 5.74) is 2.12. The summed E-state index contributed by atoms with van der Waals surface area (Å²) in [7, 11) is 1.58. The summed E-state index contributed by atoms with van der Waals surface area (Å²) in [6.45, 7) is 5.80. The van der Waals surface area contributed by atoms with E-state index in [4.69, 9.17) is 23.9 Å². The van der Waals surface area contributed by atoms with Gasteiger partial charge in [-0.25, -0.2) is 14.6 Å². The fraction of sp³-hybridized carbons (Fsp3) is 0.294. The molecule has 1 aliphatic heterocycles. The summed E-state index contributed by atoms with van der Waals surface area (Å²) >= 11 is 1.26. The van der Waals surface area contributed by atoms with Crippen LogP contribution in [0.4, 0.5) is 0 Å². The van der Waals surface area contributed by atoms with Crippen molar-refractivity contribution in [2.75, 3.05) is 26.9 Å². The number of fused-ring (bicyclic) bond motifs is 2. The Morgan fingerprint density at radius 3 is 2.43 bits per heavy atom. The number of hydrogen-bond donors (Lipinski definition) is 0. The number of aromatic nitrogens is 1. The van der Waals surface area contributed by atoms with Crippen molar-refractivity contribution >= 4 is 40.1 Å². The number of thiazole rings is 1. The van der Waals surface area contributed by atoms with Gasteiger partial charge >= 0.3 is 11.9 Å². The van der Waals surface area contributed by atoms with E-state index in [1.54, 1.807) is 55.9 Å². The molecular weight excluding hydrogens is 580 g/mol. The summed E-state index contributed by atoms with van der Waals surface area (Å²) < 4.78 is 23.8. The van der Waals surface area contributed by atoms with Crippen molar-refractivity contribution in [3.8, 4) is 11.5 Å². The molecule has 9 nitrogen and oxygen atoms in total. The number of nitrogens with zero attached hydrogens (tertiary/aromatic N) is 2. The Balaban J connectivity index is 1.68. The van der Waals surface area contributed by atoms with Gasteiger partial charge < -0.3 is 18.9 Å². The van der Waals surface area contributed by atoms with E-state index in [9.17, 15) is 14.4 Å². The van der Waals surface area contributed by atoms with Gasteiger partial charge in [0.25, 0.3) is 5.56 Å². The maximum atomic E-state index is 14.2. The Morgan fingerprint density at radius 2 is 1.73 bits per heavy atom. The second-order valence-electron chi connectivity index (χ2n) is 9.98. The zero-order valence-electron chi connectivity index (χ0n) is 25.1.